The van der Waals surface area contributed by atoms with Crippen LogP contribution in [0, 0.1) is 11.6 Å². The number of hydrogen-bond acceptors (Lipinski definition) is 4. The molecule has 126 valence electrons. The summed E-state index contributed by atoms with van der Waals surface area (Å²) in [7, 11) is 0. The van der Waals surface area contributed by atoms with Gasteiger partial charge < -0.3 is 20.4 Å². The van der Waals surface area contributed by atoms with Gasteiger partial charge in [-0.2, -0.15) is 0 Å². The van der Waals surface area contributed by atoms with Gasteiger partial charge >= 0.3 is 0 Å². The smallest absolute Gasteiger partial charge is 0.268 e. The number of benzene rings is 3. The zero-order chi connectivity index (χ0) is 18.1. The van der Waals surface area contributed by atoms with Crippen molar-refractivity contribution in [3.8, 4) is 23.0 Å². The van der Waals surface area contributed by atoms with E-state index in [0.717, 1.165) is 12.1 Å². The van der Waals surface area contributed by atoms with E-state index in [4.69, 9.17) is 0 Å². The SMILES string of the molecule is Oc1cccc(O)c1B(c1c(O)cccc1F)c1c(O)cccc1F. The third-order valence-electron chi connectivity index (χ3n) is 3.99. The van der Waals surface area contributed by atoms with Crippen molar-refractivity contribution in [2.24, 2.45) is 0 Å². The third-order valence-corrected chi connectivity index (χ3v) is 3.99. The Kier molecular flexibility index (Phi) is 4.23. The maximum Gasteiger partial charge on any atom is 0.268 e. The second-order valence-electron chi connectivity index (χ2n) is 5.49. The molecule has 3 aromatic rings. The number of phenols is 4. The molecule has 0 bridgehead atoms. The summed E-state index contributed by atoms with van der Waals surface area (Å²) in [6.07, 6.45) is 0. The quantitative estimate of drug-likeness (QED) is 0.541. The zero-order valence-electron chi connectivity index (χ0n) is 12.8. The van der Waals surface area contributed by atoms with Gasteiger partial charge in [-0.25, -0.2) is 8.78 Å². The molecule has 0 amide bonds. The molecular weight excluding hydrogens is 329 g/mol. The van der Waals surface area contributed by atoms with Crippen LogP contribution >= 0.6 is 0 Å². The predicted molar refractivity (Wildman–Crippen MR) is 90.6 cm³/mol. The maximum atomic E-state index is 14.5. The van der Waals surface area contributed by atoms with Crippen LogP contribution in [0.1, 0.15) is 0 Å². The minimum absolute atomic E-state index is 0.233. The molecule has 4 nitrogen and oxygen atoms in total. The van der Waals surface area contributed by atoms with Crippen LogP contribution in [0.4, 0.5) is 8.78 Å². The molecule has 7 heteroatoms. The summed E-state index contributed by atoms with van der Waals surface area (Å²) in [5, 5.41) is 40.6. The van der Waals surface area contributed by atoms with E-state index in [1.54, 1.807) is 0 Å². The van der Waals surface area contributed by atoms with Crippen molar-refractivity contribution in [1.82, 2.24) is 0 Å². The van der Waals surface area contributed by atoms with Gasteiger partial charge in [-0.05, 0) is 36.4 Å². The lowest BCUT2D eigenvalue weighted by atomic mass is 9.35. The van der Waals surface area contributed by atoms with Gasteiger partial charge in [0.15, 0.2) is 0 Å². The highest BCUT2D eigenvalue weighted by molar-refractivity contribution is 6.97. The van der Waals surface area contributed by atoms with Gasteiger partial charge in [-0.1, -0.05) is 18.2 Å². The number of aromatic hydroxyl groups is 4. The molecule has 25 heavy (non-hydrogen) atoms. The maximum absolute atomic E-state index is 14.5. The molecule has 0 aliphatic carbocycles. The Morgan fingerprint density at radius 3 is 1.20 bits per heavy atom. The average Bonchev–Trinajstić information content (AvgIpc) is 2.53. The first-order valence-electron chi connectivity index (χ1n) is 7.37. The highest BCUT2D eigenvalue weighted by atomic mass is 19.1. The fourth-order valence-corrected chi connectivity index (χ4v) is 2.89. The topological polar surface area (TPSA) is 80.9 Å². The first-order valence-corrected chi connectivity index (χ1v) is 7.37. The van der Waals surface area contributed by atoms with Crippen LogP contribution < -0.4 is 16.4 Å². The van der Waals surface area contributed by atoms with Crippen molar-refractivity contribution >= 4 is 23.1 Å². The molecule has 0 aliphatic heterocycles. The van der Waals surface area contributed by atoms with Crippen LogP contribution in [0.2, 0.25) is 0 Å². The van der Waals surface area contributed by atoms with Crippen LogP contribution in [-0.2, 0) is 0 Å². The molecule has 0 heterocycles. The zero-order valence-corrected chi connectivity index (χ0v) is 12.8. The van der Waals surface area contributed by atoms with E-state index >= 15 is 0 Å². The monoisotopic (exact) mass is 342 g/mol. The molecule has 3 rings (SSSR count). The van der Waals surface area contributed by atoms with Crippen molar-refractivity contribution in [3.05, 3.63) is 66.2 Å². The molecule has 4 N–H and O–H groups in total. The van der Waals surface area contributed by atoms with Crippen molar-refractivity contribution in [2.75, 3.05) is 0 Å². The second kappa shape index (κ2) is 6.35. The lowest BCUT2D eigenvalue weighted by Gasteiger charge is -2.20. The van der Waals surface area contributed by atoms with Crippen LogP contribution in [0.3, 0.4) is 0 Å². The summed E-state index contributed by atoms with van der Waals surface area (Å²) in [6.45, 7) is -1.47. The summed E-state index contributed by atoms with van der Waals surface area (Å²) < 4.78 is 28.9. The lowest BCUT2D eigenvalue weighted by Crippen LogP contribution is -2.54. The van der Waals surface area contributed by atoms with Gasteiger partial charge in [-0.15, -0.1) is 0 Å². The molecule has 0 aromatic heterocycles. The van der Waals surface area contributed by atoms with Gasteiger partial charge in [0.05, 0.1) is 0 Å². The molecular formula is C18H13BF2O4. The molecule has 3 aromatic carbocycles. The third kappa shape index (κ3) is 2.84. The number of halogens is 2. The van der Waals surface area contributed by atoms with Gasteiger partial charge in [0.25, 0.3) is 6.71 Å². The molecule has 0 saturated heterocycles. The van der Waals surface area contributed by atoms with Gasteiger partial charge in [0.2, 0.25) is 0 Å². The Bertz CT molecular complexity index is 763. The number of phenolic OH excluding ortho intramolecular Hbond substituents is 4. The molecule has 0 aliphatic rings. The lowest BCUT2D eigenvalue weighted by molar-refractivity contribution is 0.458. The summed E-state index contributed by atoms with van der Waals surface area (Å²) in [4.78, 5) is 0. The Hall–Kier alpha value is -3.22. The molecule has 0 saturated carbocycles. The second-order valence-corrected chi connectivity index (χ2v) is 5.49. The first-order chi connectivity index (χ1) is 11.9. The van der Waals surface area contributed by atoms with Crippen LogP contribution in [0.15, 0.2) is 54.6 Å². The average molecular weight is 342 g/mol. The fourth-order valence-electron chi connectivity index (χ4n) is 2.89. The van der Waals surface area contributed by atoms with E-state index in [2.05, 4.69) is 0 Å². The molecule has 0 spiro atoms. The van der Waals surface area contributed by atoms with Gasteiger partial charge in [0, 0.05) is 16.4 Å². The molecule has 0 radical (unpaired) electrons. The largest absolute Gasteiger partial charge is 0.508 e. The fraction of sp³-hybridized carbons (Fsp3) is 0. The predicted octanol–water partition coefficient (Wildman–Crippen LogP) is 1.30. The molecule has 0 atom stereocenters. The Morgan fingerprint density at radius 1 is 0.520 bits per heavy atom. The summed E-state index contributed by atoms with van der Waals surface area (Å²) in [5.41, 5.74) is -0.984. The summed E-state index contributed by atoms with van der Waals surface area (Å²) in [5.74, 6) is -3.64. The Labute approximate surface area is 142 Å². The van der Waals surface area contributed by atoms with Crippen molar-refractivity contribution in [2.45, 2.75) is 0 Å². The number of rotatable bonds is 3. The van der Waals surface area contributed by atoms with Gasteiger partial charge in [0.1, 0.15) is 34.6 Å². The minimum atomic E-state index is -1.47. The number of hydrogen-bond donors (Lipinski definition) is 4. The van der Waals surface area contributed by atoms with Gasteiger partial charge in [-0.3, -0.25) is 0 Å². The van der Waals surface area contributed by atoms with E-state index in [9.17, 15) is 29.2 Å². The Morgan fingerprint density at radius 2 is 0.840 bits per heavy atom. The Balaban J connectivity index is 2.42. The van der Waals surface area contributed by atoms with Crippen molar-refractivity contribution in [3.63, 3.8) is 0 Å². The highest BCUT2D eigenvalue weighted by Crippen LogP contribution is 2.21. The first kappa shape index (κ1) is 16.6. The van der Waals surface area contributed by atoms with E-state index < -0.39 is 41.3 Å². The van der Waals surface area contributed by atoms with Crippen LogP contribution in [-0.4, -0.2) is 27.1 Å². The normalized spacial score (nSPS) is 10.6. The standard InChI is InChI=1S/C18H13BF2O4/c20-10-4-1-6-12(22)16(10)19(17-11(21)5-2-7-13(17)23)18-14(24)8-3-9-15(18)25/h1-9,22-25H. The van der Waals surface area contributed by atoms with E-state index in [1.165, 1.54) is 42.5 Å². The van der Waals surface area contributed by atoms with Crippen molar-refractivity contribution < 1.29 is 29.2 Å². The minimum Gasteiger partial charge on any atom is -0.508 e. The molecule has 0 unspecified atom stereocenters. The summed E-state index contributed by atoms with van der Waals surface area (Å²) >= 11 is 0. The summed E-state index contributed by atoms with van der Waals surface area (Å²) in [6, 6.07) is 10.8. The van der Waals surface area contributed by atoms with E-state index in [1.807, 2.05) is 0 Å². The van der Waals surface area contributed by atoms with Crippen LogP contribution in [0.25, 0.3) is 0 Å². The van der Waals surface area contributed by atoms with E-state index in [-0.39, 0.29) is 16.4 Å². The highest BCUT2D eigenvalue weighted by Gasteiger charge is 2.36. The van der Waals surface area contributed by atoms with Crippen molar-refractivity contribution in [1.29, 1.82) is 0 Å². The van der Waals surface area contributed by atoms with Crippen LogP contribution in [0.5, 0.6) is 23.0 Å². The molecule has 0 fully saturated rings. The van der Waals surface area contributed by atoms with E-state index in [0.29, 0.717) is 0 Å².